The Kier molecular flexibility index (Phi) is 4.21. The zero-order chi connectivity index (χ0) is 18.1. The number of para-hydroxylation sites is 1. The van der Waals surface area contributed by atoms with Gasteiger partial charge in [-0.15, -0.1) is 0 Å². The van der Waals surface area contributed by atoms with Crippen molar-refractivity contribution >= 4 is 28.5 Å². The summed E-state index contributed by atoms with van der Waals surface area (Å²) in [5, 5.41) is 3.97. The number of rotatable bonds is 4. The van der Waals surface area contributed by atoms with Gasteiger partial charge in [-0.3, -0.25) is 9.59 Å². The normalized spacial score (nSPS) is 15.4. The van der Waals surface area contributed by atoms with Crippen LogP contribution in [0, 0.1) is 0 Å². The van der Waals surface area contributed by atoms with Crippen LogP contribution in [0.1, 0.15) is 41.9 Å². The molecule has 1 aliphatic rings. The van der Waals surface area contributed by atoms with Crippen LogP contribution in [0.15, 0.2) is 59.0 Å². The maximum atomic E-state index is 12.5. The van der Waals surface area contributed by atoms with E-state index in [2.05, 4.69) is 5.32 Å². The van der Waals surface area contributed by atoms with Crippen molar-refractivity contribution in [2.24, 2.45) is 0 Å². The minimum Gasteiger partial charge on any atom is -0.459 e. The SMILES string of the molecule is C[C@H](NC(=O)c1ccc(N2CCCC2=O)cc1)c1cc2ccccc2o1. The number of carbonyl (C=O) groups is 2. The predicted molar refractivity (Wildman–Crippen MR) is 100 cm³/mol. The molecular formula is C21H20N2O3. The Labute approximate surface area is 151 Å². The fraction of sp³-hybridized carbons (Fsp3) is 0.238. The minimum absolute atomic E-state index is 0.140. The third-order valence-corrected chi connectivity index (χ3v) is 4.73. The van der Waals surface area contributed by atoms with Gasteiger partial charge in [0.05, 0.1) is 6.04 Å². The number of nitrogens with one attached hydrogen (secondary N) is 1. The summed E-state index contributed by atoms with van der Waals surface area (Å²) in [7, 11) is 0. The number of fused-ring (bicyclic) bond motifs is 1. The van der Waals surface area contributed by atoms with Gasteiger partial charge in [0.1, 0.15) is 11.3 Å². The van der Waals surface area contributed by atoms with Crippen molar-refractivity contribution in [3.8, 4) is 0 Å². The minimum atomic E-state index is -0.241. The van der Waals surface area contributed by atoms with E-state index in [0.29, 0.717) is 12.0 Å². The third-order valence-electron chi connectivity index (χ3n) is 4.73. The molecule has 2 aromatic carbocycles. The van der Waals surface area contributed by atoms with Crippen LogP contribution in [0.2, 0.25) is 0 Å². The van der Waals surface area contributed by atoms with Crippen LogP contribution in [0.25, 0.3) is 11.0 Å². The highest BCUT2D eigenvalue weighted by molar-refractivity contribution is 5.97. The first-order valence-electron chi connectivity index (χ1n) is 8.81. The monoisotopic (exact) mass is 348 g/mol. The molecule has 26 heavy (non-hydrogen) atoms. The largest absolute Gasteiger partial charge is 0.459 e. The molecule has 0 bridgehead atoms. The summed E-state index contributed by atoms with van der Waals surface area (Å²) < 4.78 is 5.81. The summed E-state index contributed by atoms with van der Waals surface area (Å²) in [5.74, 6) is 0.691. The van der Waals surface area contributed by atoms with E-state index < -0.39 is 0 Å². The lowest BCUT2D eigenvalue weighted by Gasteiger charge is -2.16. The molecule has 2 amide bonds. The standard InChI is InChI=1S/C21H20N2O3/c1-14(19-13-16-5-2-3-6-18(16)26-19)22-21(25)15-8-10-17(11-9-15)23-12-4-7-20(23)24/h2-3,5-6,8-11,13-14H,4,7,12H2,1H3,(H,22,25)/t14-/m0/s1. The zero-order valence-corrected chi connectivity index (χ0v) is 14.6. The lowest BCUT2D eigenvalue weighted by atomic mass is 10.1. The average molecular weight is 348 g/mol. The van der Waals surface area contributed by atoms with Crippen LogP contribution in [0.5, 0.6) is 0 Å². The Balaban J connectivity index is 1.46. The van der Waals surface area contributed by atoms with Crippen molar-refractivity contribution in [3.05, 3.63) is 65.9 Å². The summed E-state index contributed by atoms with van der Waals surface area (Å²) >= 11 is 0. The van der Waals surface area contributed by atoms with Crippen molar-refractivity contribution in [3.63, 3.8) is 0 Å². The first kappa shape index (κ1) is 16.4. The van der Waals surface area contributed by atoms with Crippen molar-refractivity contribution in [2.75, 3.05) is 11.4 Å². The van der Waals surface area contributed by atoms with E-state index in [1.54, 1.807) is 17.0 Å². The summed E-state index contributed by atoms with van der Waals surface area (Å²) in [6.45, 7) is 2.64. The van der Waals surface area contributed by atoms with Gasteiger partial charge in [-0.05, 0) is 49.7 Å². The average Bonchev–Trinajstić information content (AvgIpc) is 3.27. The van der Waals surface area contributed by atoms with Crippen LogP contribution in [0.4, 0.5) is 5.69 Å². The Bertz CT molecular complexity index is 926. The Morgan fingerprint density at radius 2 is 1.92 bits per heavy atom. The highest BCUT2D eigenvalue weighted by Crippen LogP contribution is 2.24. The molecule has 4 rings (SSSR count). The molecule has 5 nitrogen and oxygen atoms in total. The highest BCUT2D eigenvalue weighted by Gasteiger charge is 2.22. The van der Waals surface area contributed by atoms with Gasteiger partial charge in [0, 0.05) is 29.6 Å². The lowest BCUT2D eigenvalue weighted by molar-refractivity contribution is -0.117. The number of benzene rings is 2. The molecule has 5 heteroatoms. The Morgan fingerprint density at radius 3 is 2.62 bits per heavy atom. The maximum Gasteiger partial charge on any atom is 0.251 e. The molecule has 1 saturated heterocycles. The number of hydrogen-bond acceptors (Lipinski definition) is 3. The summed E-state index contributed by atoms with van der Waals surface area (Å²) in [6.07, 6.45) is 1.48. The number of furan rings is 1. The van der Waals surface area contributed by atoms with E-state index in [9.17, 15) is 9.59 Å². The number of anilines is 1. The highest BCUT2D eigenvalue weighted by atomic mass is 16.3. The second kappa shape index (κ2) is 6.67. The van der Waals surface area contributed by atoms with Crippen molar-refractivity contribution in [2.45, 2.75) is 25.8 Å². The van der Waals surface area contributed by atoms with E-state index in [1.807, 2.05) is 49.4 Å². The quantitative estimate of drug-likeness (QED) is 0.774. The predicted octanol–water partition coefficient (Wildman–Crippen LogP) is 4.05. The van der Waals surface area contributed by atoms with Gasteiger partial charge in [0.2, 0.25) is 5.91 Å². The van der Waals surface area contributed by atoms with Crippen molar-refractivity contribution < 1.29 is 14.0 Å². The van der Waals surface area contributed by atoms with E-state index in [0.717, 1.165) is 35.4 Å². The maximum absolute atomic E-state index is 12.5. The molecule has 0 unspecified atom stereocenters. The molecule has 1 fully saturated rings. The molecule has 2 heterocycles. The molecule has 1 N–H and O–H groups in total. The molecule has 0 aliphatic carbocycles. The van der Waals surface area contributed by atoms with Crippen LogP contribution >= 0.6 is 0 Å². The molecule has 132 valence electrons. The van der Waals surface area contributed by atoms with Gasteiger partial charge in [-0.25, -0.2) is 0 Å². The van der Waals surface area contributed by atoms with E-state index in [-0.39, 0.29) is 17.9 Å². The molecule has 1 atom stereocenters. The topological polar surface area (TPSA) is 62.6 Å². The fourth-order valence-electron chi connectivity index (χ4n) is 3.28. The van der Waals surface area contributed by atoms with Crippen LogP contribution in [-0.4, -0.2) is 18.4 Å². The van der Waals surface area contributed by atoms with Gasteiger partial charge in [0.15, 0.2) is 0 Å². The molecule has 3 aromatic rings. The van der Waals surface area contributed by atoms with Crippen LogP contribution < -0.4 is 10.2 Å². The second-order valence-corrected chi connectivity index (χ2v) is 6.58. The van der Waals surface area contributed by atoms with Gasteiger partial charge < -0.3 is 14.6 Å². The van der Waals surface area contributed by atoms with Gasteiger partial charge in [0.25, 0.3) is 5.91 Å². The summed E-state index contributed by atoms with van der Waals surface area (Å²) in [5.41, 5.74) is 2.21. The van der Waals surface area contributed by atoms with Gasteiger partial charge in [-0.1, -0.05) is 18.2 Å². The third kappa shape index (κ3) is 3.08. The summed E-state index contributed by atoms with van der Waals surface area (Å²) in [4.78, 5) is 26.1. The number of carbonyl (C=O) groups excluding carboxylic acids is 2. The summed E-state index contributed by atoms with van der Waals surface area (Å²) in [6, 6.07) is 16.6. The molecule has 0 saturated carbocycles. The number of hydrogen-bond donors (Lipinski definition) is 1. The number of amides is 2. The van der Waals surface area contributed by atoms with E-state index >= 15 is 0 Å². The Hall–Kier alpha value is -3.08. The molecular weight excluding hydrogens is 328 g/mol. The molecule has 1 aromatic heterocycles. The van der Waals surface area contributed by atoms with Crippen molar-refractivity contribution in [1.29, 1.82) is 0 Å². The second-order valence-electron chi connectivity index (χ2n) is 6.58. The van der Waals surface area contributed by atoms with Crippen molar-refractivity contribution in [1.82, 2.24) is 5.32 Å². The van der Waals surface area contributed by atoms with E-state index in [1.165, 1.54) is 0 Å². The molecule has 0 spiro atoms. The van der Waals surface area contributed by atoms with Gasteiger partial charge >= 0.3 is 0 Å². The van der Waals surface area contributed by atoms with Gasteiger partial charge in [-0.2, -0.15) is 0 Å². The first-order valence-corrected chi connectivity index (χ1v) is 8.81. The van der Waals surface area contributed by atoms with E-state index in [4.69, 9.17) is 4.42 Å². The number of nitrogens with zero attached hydrogens (tertiary/aromatic N) is 1. The first-order chi connectivity index (χ1) is 12.6. The van der Waals surface area contributed by atoms with Crippen LogP contribution in [-0.2, 0) is 4.79 Å². The Morgan fingerprint density at radius 1 is 1.15 bits per heavy atom. The molecule has 1 aliphatic heterocycles. The smallest absolute Gasteiger partial charge is 0.251 e. The fourth-order valence-corrected chi connectivity index (χ4v) is 3.28. The molecule has 0 radical (unpaired) electrons. The lowest BCUT2D eigenvalue weighted by Crippen LogP contribution is -2.27. The zero-order valence-electron chi connectivity index (χ0n) is 14.6. The van der Waals surface area contributed by atoms with Crippen LogP contribution in [0.3, 0.4) is 0 Å².